The summed E-state index contributed by atoms with van der Waals surface area (Å²) in [5, 5.41) is 3.13. The van der Waals surface area contributed by atoms with Gasteiger partial charge in [0, 0.05) is 13.1 Å². The van der Waals surface area contributed by atoms with Crippen molar-refractivity contribution in [2.75, 3.05) is 19.7 Å². The van der Waals surface area contributed by atoms with Crippen molar-refractivity contribution < 1.29 is 9.53 Å². The lowest BCUT2D eigenvalue weighted by Gasteiger charge is -2.14. The Hall–Kier alpha value is -0.100. The van der Waals surface area contributed by atoms with Crippen LogP contribution in [-0.2, 0) is 9.53 Å². The van der Waals surface area contributed by atoms with Gasteiger partial charge < -0.3 is 10.1 Å². The summed E-state index contributed by atoms with van der Waals surface area (Å²) in [5.41, 5.74) is 0. The molecule has 4 heteroatoms. The van der Waals surface area contributed by atoms with Gasteiger partial charge in [-0.05, 0) is 20.8 Å². The van der Waals surface area contributed by atoms with E-state index in [1.807, 2.05) is 32.9 Å². The zero-order valence-electron chi connectivity index (χ0n) is 8.97. The molecule has 0 spiro atoms. The van der Waals surface area contributed by atoms with Crippen LogP contribution in [0.4, 0.5) is 0 Å². The molecule has 14 heavy (non-hydrogen) atoms. The lowest BCUT2D eigenvalue weighted by molar-refractivity contribution is -0.144. The topological polar surface area (TPSA) is 38.3 Å². The summed E-state index contributed by atoms with van der Waals surface area (Å²) in [4.78, 5) is 11.3. The smallest absolute Gasteiger partial charge is 0.321 e. The molecule has 0 saturated heterocycles. The van der Waals surface area contributed by atoms with Crippen LogP contribution >= 0.6 is 22.6 Å². The highest BCUT2D eigenvalue weighted by atomic mass is 127. The number of hydrogen-bond donors (Lipinski definition) is 1. The number of nitrogens with one attached hydrogen (secondary N) is 1. The molecule has 0 atom stereocenters. The molecule has 0 saturated carbocycles. The molecule has 0 aromatic heterocycles. The monoisotopic (exact) mass is 311 g/mol. The van der Waals surface area contributed by atoms with E-state index >= 15 is 0 Å². The van der Waals surface area contributed by atoms with E-state index in [0.29, 0.717) is 13.2 Å². The number of hydrogen-bond acceptors (Lipinski definition) is 3. The molecule has 0 aromatic carbocycles. The van der Waals surface area contributed by atoms with Crippen molar-refractivity contribution in [3.8, 4) is 0 Å². The van der Waals surface area contributed by atoms with E-state index in [4.69, 9.17) is 4.74 Å². The molecule has 0 amide bonds. The summed E-state index contributed by atoms with van der Waals surface area (Å²) >= 11 is 2.07. The first kappa shape index (κ1) is 13.9. The molecule has 0 aliphatic rings. The first-order valence-corrected chi connectivity index (χ1v) is 5.74. The molecule has 3 nitrogen and oxygen atoms in total. The third kappa shape index (κ3) is 7.32. The summed E-state index contributed by atoms with van der Waals surface area (Å²) in [6, 6.07) is 0. The van der Waals surface area contributed by atoms with Gasteiger partial charge in [0.15, 0.2) is 0 Å². The minimum Gasteiger partial charge on any atom is -0.463 e. The van der Waals surface area contributed by atoms with Crippen LogP contribution < -0.4 is 5.32 Å². The highest BCUT2D eigenvalue weighted by molar-refractivity contribution is 14.1. The molecule has 0 unspecified atom stereocenters. The van der Waals surface area contributed by atoms with Gasteiger partial charge in [-0.3, -0.25) is 4.79 Å². The number of esters is 1. The van der Waals surface area contributed by atoms with E-state index < -0.39 is 3.42 Å². The molecule has 1 N–H and O–H groups in total. The van der Waals surface area contributed by atoms with Crippen molar-refractivity contribution in [1.82, 2.24) is 5.32 Å². The number of allylic oxidation sites excluding steroid dienone is 1. The summed E-state index contributed by atoms with van der Waals surface area (Å²) in [6.07, 6.45) is 4.00. The van der Waals surface area contributed by atoms with Crippen LogP contribution in [0.2, 0.25) is 0 Å². The van der Waals surface area contributed by atoms with Gasteiger partial charge in [0.25, 0.3) is 0 Å². The zero-order chi connectivity index (χ0) is 11.0. The van der Waals surface area contributed by atoms with Gasteiger partial charge in [0.1, 0.15) is 10.0 Å². The minimum absolute atomic E-state index is 0.161. The maximum Gasteiger partial charge on any atom is 0.321 e. The van der Waals surface area contributed by atoms with Crippen LogP contribution in [0.25, 0.3) is 0 Å². The van der Waals surface area contributed by atoms with Crippen molar-refractivity contribution in [3.63, 3.8) is 0 Å². The fraction of sp³-hybridized carbons (Fsp3) is 0.700. The Morgan fingerprint density at radius 3 is 2.71 bits per heavy atom. The predicted octanol–water partition coefficient (Wildman–Crippen LogP) is 1.91. The van der Waals surface area contributed by atoms with Crippen molar-refractivity contribution in [1.29, 1.82) is 0 Å². The lowest BCUT2D eigenvalue weighted by Crippen LogP contribution is -2.29. The van der Waals surface area contributed by atoms with Crippen molar-refractivity contribution in [3.05, 3.63) is 12.2 Å². The van der Waals surface area contributed by atoms with E-state index in [1.165, 1.54) is 0 Å². The third-order valence-corrected chi connectivity index (χ3v) is 1.94. The number of carbonyl (C=O) groups is 1. The quantitative estimate of drug-likeness (QED) is 0.268. The zero-order valence-corrected chi connectivity index (χ0v) is 11.1. The molecule has 82 valence electrons. The Morgan fingerprint density at radius 1 is 1.57 bits per heavy atom. The number of carbonyl (C=O) groups excluding carboxylic acids is 1. The summed E-state index contributed by atoms with van der Waals surface area (Å²) in [5.74, 6) is -0.161. The second-order valence-corrected chi connectivity index (χ2v) is 6.08. The van der Waals surface area contributed by atoms with E-state index in [9.17, 15) is 4.79 Å². The van der Waals surface area contributed by atoms with Gasteiger partial charge in [-0.25, -0.2) is 0 Å². The van der Waals surface area contributed by atoms with Crippen LogP contribution in [0.15, 0.2) is 12.2 Å². The van der Waals surface area contributed by atoms with E-state index in [2.05, 4.69) is 27.9 Å². The molecule has 0 aliphatic heterocycles. The highest BCUT2D eigenvalue weighted by Crippen LogP contribution is 2.17. The van der Waals surface area contributed by atoms with Crippen molar-refractivity contribution in [2.24, 2.45) is 0 Å². The maximum atomic E-state index is 11.3. The lowest BCUT2D eigenvalue weighted by atomic mass is 10.2. The van der Waals surface area contributed by atoms with Gasteiger partial charge >= 0.3 is 5.97 Å². The molecule has 0 heterocycles. The molecular weight excluding hydrogens is 293 g/mol. The SMILES string of the molecule is C/C=C/CNCCOC(=O)C(C)(C)I. The molecule has 0 radical (unpaired) electrons. The average molecular weight is 311 g/mol. The summed E-state index contributed by atoms with van der Waals surface area (Å²) in [7, 11) is 0. The number of ether oxygens (including phenoxy) is 1. The number of halogens is 1. The van der Waals surface area contributed by atoms with Crippen molar-refractivity contribution in [2.45, 2.75) is 24.2 Å². The number of rotatable bonds is 6. The Morgan fingerprint density at radius 2 is 2.21 bits per heavy atom. The van der Waals surface area contributed by atoms with Gasteiger partial charge in [-0.15, -0.1) is 0 Å². The Kier molecular flexibility index (Phi) is 7.17. The molecule has 0 fully saturated rings. The molecule has 0 aliphatic carbocycles. The standard InChI is InChI=1S/C10H18INO2/c1-4-5-6-12-7-8-14-9(13)10(2,3)11/h4-5,12H,6-8H2,1-3H3/b5-4+. The van der Waals surface area contributed by atoms with Crippen LogP contribution in [0.1, 0.15) is 20.8 Å². The second-order valence-electron chi connectivity index (χ2n) is 3.38. The summed E-state index contributed by atoms with van der Waals surface area (Å²) < 4.78 is 4.62. The summed E-state index contributed by atoms with van der Waals surface area (Å²) in [6.45, 7) is 7.60. The first-order valence-electron chi connectivity index (χ1n) is 4.66. The largest absolute Gasteiger partial charge is 0.463 e. The van der Waals surface area contributed by atoms with Gasteiger partial charge in [-0.2, -0.15) is 0 Å². The van der Waals surface area contributed by atoms with Crippen LogP contribution in [0, 0.1) is 0 Å². The van der Waals surface area contributed by atoms with Crippen molar-refractivity contribution >= 4 is 28.6 Å². The van der Waals surface area contributed by atoms with E-state index in [-0.39, 0.29) is 5.97 Å². The molecular formula is C10H18INO2. The van der Waals surface area contributed by atoms with Gasteiger partial charge in [0.2, 0.25) is 0 Å². The van der Waals surface area contributed by atoms with Gasteiger partial charge in [0.05, 0.1) is 0 Å². The Balaban J connectivity index is 3.42. The van der Waals surface area contributed by atoms with E-state index in [1.54, 1.807) is 0 Å². The number of alkyl halides is 1. The van der Waals surface area contributed by atoms with Crippen LogP contribution in [0.3, 0.4) is 0 Å². The molecule has 0 rings (SSSR count). The normalized spacial score (nSPS) is 12.0. The predicted molar refractivity (Wildman–Crippen MR) is 66.7 cm³/mol. The molecule has 0 aromatic rings. The fourth-order valence-corrected chi connectivity index (χ4v) is 0.846. The Labute approximate surface area is 99.4 Å². The van der Waals surface area contributed by atoms with Crippen LogP contribution in [-0.4, -0.2) is 29.1 Å². The average Bonchev–Trinajstić information content (AvgIpc) is 2.09. The minimum atomic E-state index is -0.429. The maximum absolute atomic E-state index is 11.3. The van der Waals surface area contributed by atoms with E-state index in [0.717, 1.165) is 6.54 Å². The van der Waals surface area contributed by atoms with Crippen LogP contribution in [0.5, 0.6) is 0 Å². The fourth-order valence-electron chi connectivity index (χ4n) is 0.691. The molecule has 0 bridgehead atoms. The van der Waals surface area contributed by atoms with Gasteiger partial charge in [-0.1, -0.05) is 34.7 Å². The highest BCUT2D eigenvalue weighted by Gasteiger charge is 2.24. The Bertz CT molecular complexity index is 197. The second kappa shape index (κ2) is 7.23. The first-order chi connectivity index (χ1) is 6.48. The third-order valence-electron chi connectivity index (χ3n) is 1.50.